The molecule has 6 nitrogen and oxygen atoms in total. The van der Waals surface area contributed by atoms with Crippen molar-refractivity contribution >= 4 is 34.0 Å². The lowest BCUT2D eigenvalue weighted by Crippen LogP contribution is -2.28. The number of halogens is 1. The summed E-state index contributed by atoms with van der Waals surface area (Å²) in [7, 11) is 0. The van der Waals surface area contributed by atoms with E-state index < -0.39 is 0 Å². The Bertz CT molecular complexity index is 1080. The molecule has 1 aliphatic heterocycles. The summed E-state index contributed by atoms with van der Waals surface area (Å²) in [4.78, 5) is 25.6. The summed E-state index contributed by atoms with van der Waals surface area (Å²) >= 11 is 3.56. The average molecular weight is 495 g/mol. The van der Waals surface area contributed by atoms with E-state index in [-0.39, 0.29) is 35.5 Å². The molecule has 1 heterocycles. The van der Waals surface area contributed by atoms with E-state index >= 15 is 0 Å². The first-order valence-electron chi connectivity index (χ1n) is 10.8. The molecule has 164 valence electrons. The van der Waals surface area contributed by atoms with Gasteiger partial charge in [0.1, 0.15) is 6.61 Å². The number of nitrogens with zero attached hydrogens (tertiary/aromatic N) is 2. The molecule has 0 aromatic heterocycles. The van der Waals surface area contributed by atoms with Crippen LogP contribution in [0.3, 0.4) is 0 Å². The van der Waals surface area contributed by atoms with Crippen LogP contribution in [0.15, 0.2) is 64.2 Å². The molecule has 5 rings (SSSR count). The molecule has 2 bridgehead atoms. The predicted molar refractivity (Wildman–Crippen MR) is 123 cm³/mol. The highest BCUT2D eigenvalue weighted by Crippen LogP contribution is 2.52. The van der Waals surface area contributed by atoms with Gasteiger partial charge in [-0.05, 0) is 64.4 Å². The van der Waals surface area contributed by atoms with Gasteiger partial charge in [-0.2, -0.15) is 10.1 Å². The zero-order chi connectivity index (χ0) is 22.2. The first kappa shape index (κ1) is 20.9. The molecule has 1 saturated heterocycles. The van der Waals surface area contributed by atoms with E-state index in [1.165, 1.54) is 6.21 Å². The molecule has 2 aromatic carbocycles. The van der Waals surface area contributed by atoms with Crippen LogP contribution < -0.4 is 9.47 Å². The van der Waals surface area contributed by atoms with Crippen LogP contribution in [0.4, 0.5) is 0 Å². The molecule has 2 aliphatic carbocycles. The number of imide groups is 1. The van der Waals surface area contributed by atoms with Crippen molar-refractivity contribution in [1.29, 1.82) is 0 Å². The highest BCUT2D eigenvalue weighted by atomic mass is 79.9. The number of rotatable bonds is 7. The minimum absolute atomic E-state index is 0.168. The maximum atomic E-state index is 12.8. The molecular weight excluding hydrogens is 472 g/mol. The Hall–Kier alpha value is -2.93. The molecule has 2 fully saturated rings. The van der Waals surface area contributed by atoms with Crippen LogP contribution in [0, 0.1) is 23.7 Å². The average Bonchev–Trinajstić information content (AvgIpc) is 3.47. The number of hydrazone groups is 1. The quantitative estimate of drug-likeness (QED) is 0.321. The van der Waals surface area contributed by atoms with E-state index in [9.17, 15) is 9.59 Å². The summed E-state index contributed by atoms with van der Waals surface area (Å²) in [6.07, 6.45) is 6.58. The standard InChI is InChI=1S/C25H23BrN2O4/c1-2-31-20-11-16(10-19(26)23(20)32-14-15-6-4-3-5-7-15)13-27-28-24(29)21-17-8-9-18(12-17)22(21)25(28)30/h3-11,13,17-18,21-22H,2,12,14H2,1H3. The lowest BCUT2D eigenvalue weighted by Gasteiger charge is -2.15. The fraction of sp³-hybridized carbons (Fsp3) is 0.320. The third-order valence-corrected chi connectivity index (χ3v) is 6.92. The summed E-state index contributed by atoms with van der Waals surface area (Å²) in [6, 6.07) is 13.5. The van der Waals surface area contributed by atoms with E-state index in [1.54, 1.807) is 6.07 Å². The Morgan fingerprint density at radius 2 is 1.75 bits per heavy atom. The Morgan fingerprint density at radius 3 is 2.41 bits per heavy atom. The molecule has 4 unspecified atom stereocenters. The molecule has 0 radical (unpaired) electrons. The number of hydrogen-bond acceptors (Lipinski definition) is 5. The van der Waals surface area contributed by atoms with Gasteiger partial charge in [-0.3, -0.25) is 9.59 Å². The van der Waals surface area contributed by atoms with Crippen LogP contribution in [-0.2, 0) is 16.2 Å². The SMILES string of the molecule is CCOc1cc(C=NN2C(=O)C3C4C=CC(C4)C3C2=O)cc(Br)c1OCc1ccccc1. The number of amides is 2. The number of hydrogen-bond donors (Lipinski definition) is 0. The van der Waals surface area contributed by atoms with Gasteiger partial charge in [0.05, 0.1) is 29.1 Å². The van der Waals surface area contributed by atoms with Crippen molar-refractivity contribution in [1.82, 2.24) is 5.01 Å². The van der Waals surface area contributed by atoms with E-state index in [4.69, 9.17) is 9.47 Å². The van der Waals surface area contributed by atoms with Crippen molar-refractivity contribution in [3.8, 4) is 11.5 Å². The molecule has 0 N–H and O–H groups in total. The van der Waals surface area contributed by atoms with Crippen molar-refractivity contribution in [3.05, 3.63) is 70.2 Å². The normalized spacial score (nSPS) is 25.8. The Kier molecular flexibility index (Phi) is 5.59. The maximum absolute atomic E-state index is 12.8. The number of ether oxygens (including phenoxy) is 2. The van der Waals surface area contributed by atoms with Gasteiger partial charge in [0.15, 0.2) is 11.5 Å². The van der Waals surface area contributed by atoms with Gasteiger partial charge in [0, 0.05) is 0 Å². The molecule has 7 heteroatoms. The Morgan fingerprint density at radius 1 is 1.06 bits per heavy atom. The first-order valence-corrected chi connectivity index (χ1v) is 11.6. The first-order chi connectivity index (χ1) is 15.6. The fourth-order valence-corrected chi connectivity index (χ4v) is 5.49. The highest BCUT2D eigenvalue weighted by molar-refractivity contribution is 9.10. The van der Waals surface area contributed by atoms with E-state index in [1.807, 2.05) is 43.3 Å². The second-order valence-electron chi connectivity index (χ2n) is 8.27. The molecule has 2 amide bonds. The highest BCUT2D eigenvalue weighted by Gasteiger charge is 2.59. The zero-order valence-electron chi connectivity index (χ0n) is 17.6. The Balaban J connectivity index is 1.35. The lowest BCUT2D eigenvalue weighted by atomic mass is 9.85. The molecule has 3 aliphatic rings. The monoisotopic (exact) mass is 494 g/mol. The Labute approximate surface area is 195 Å². The minimum Gasteiger partial charge on any atom is -0.490 e. The third kappa shape index (κ3) is 3.64. The smallest absolute Gasteiger partial charge is 0.254 e. The number of benzene rings is 2. The van der Waals surface area contributed by atoms with Crippen LogP contribution in [-0.4, -0.2) is 29.6 Å². The van der Waals surface area contributed by atoms with E-state index in [0.29, 0.717) is 34.7 Å². The van der Waals surface area contributed by atoms with Gasteiger partial charge in [-0.25, -0.2) is 0 Å². The summed E-state index contributed by atoms with van der Waals surface area (Å²) < 4.78 is 12.5. The second-order valence-corrected chi connectivity index (χ2v) is 9.12. The van der Waals surface area contributed by atoms with Crippen molar-refractivity contribution in [2.75, 3.05) is 6.61 Å². The van der Waals surface area contributed by atoms with Crippen LogP contribution in [0.5, 0.6) is 11.5 Å². The maximum Gasteiger partial charge on any atom is 0.254 e. The number of allylic oxidation sites excluding steroid dienone is 2. The predicted octanol–water partition coefficient (Wildman–Crippen LogP) is 4.57. The van der Waals surface area contributed by atoms with Crippen LogP contribution in [0.25, 0.3) is 0 Å². The van der Waals surface area contributed by atoms with E-state index in [0.717, 1.165) is 17.0 Å². The summed E-state index contributed by atoms with van der Waals surface area (Å²) in [5.41, 5.74) is 1.75. The molecule has 1 saturated carbocycles. The molecular formula is C25H23BrN2O4. The summed E-state index contributed by atoms with van der Waals surface area (Å²) in [5.74, 6) is 0.599. The summed E-state index contributed by atoms with van der Waals surface area (Å²) in [6.45, 7) is 2.78. The van der Waals surface area contributed by atoms with Gasteiger partial charge in [0.2, 0.25) is 0 Å². The van der Waals surface area contributed by atoms with Crippen LogP contribution >= 0.6 is 15.9 Å². The minimum atomic E-state index is -0.255. The topological polar surface area (TPSA) is 68.2 Å². The fourth-order valence-electron chi connectivity index (χ4n) is 4.92. The van der Waals surface area contributed by atoms with Gasteiger partial charge >= 0.3 is 0 Å². The van der Waals surface area contributed by atoms with Gasteiger partial charge in [-0.15, -0.1) is 0 Å². The largest absolute Gasteiger partial charge is 0.490 e. The lowest BCUT2D eigenvalue weighted by molar-refractivity contribution is -0.140. The number of fused-ring (bicyclic) bond motifs is 5. The van der Waals surface area contributed by atoms with Crippen LogP contribution in [0.2, 0.25) is 0 Å². The number of carbonyl (C=O) groups excluding carboxylic acids is 2. The van der Waals surface area contributed by atoms with Gasteiger partial charge in [-0.1, -0.05) is 42.5 Å². The van der Waals surface area contributed by atoms with Crippen LogP contribution in [0.1, 0.15) is 24.5 Å². The second kappa shape index (κ2) is 8.54. The molecule has 2 aromatic rings. The van der Waals surface area contributed by atoms with Crippen molar-refractivity contribution < 1.29 is 19.1 Å². The third-order valence-electron chi connectivity index (χ3n) is 6.33. The summed E-state index contributed by atoms with van der Waals surface area (Å²) in [5, 5.41) is 5.32. The zero-order valence-corrected chi connectivity index (χ0v) is 19.2. The molecule has 32 heavy (non-hydrogen) atoms. The van der Waals surface area contributed by atoms with Crippen molar-refractivity contribution in [2.45, 2.75) is 20.0 Å². The number of carbonyl (C=O) groups is 2. The molecule has 4 atom stereocenters. The van der Waals surface area contributed by atoms with Crippen molar-refractivity contribution in [3.63, 3.8) is 0 Å². The van der Waals surface area contributed by atoms with E-state index in [2.05, 4.69) is 33.2 Å². The molecule has 0 spiro atoms. The van der Waals surface area contributed by atoms with Gasteiger partial charge in [0.25, 0.3) is 11.8 Å². The van der Waals surface area contributed by atoms with Crippen molar-refractivity contribution in [2.24, 2.45) is 28.8 Å². The van der Waals surface area contributed by atoms with Gasteiger partial charge < -0.3 is 9.47 Å².